The molecule has 0 radical (unpaired) electrons. The van der Waals surface area contributed by atoms with E-state index < -0.39 is 5.97 Å². The maximum atomic E-state index is 10.3. The Hall–Kier alpha value is -2.25. The number of tetrazole rings is 1. The minimum Gasteiger partial charge on any atom is -0.480 e. The first kappa shape index (κ1) is 8.35. The maximum absolute atomic E-state index is 10.3. The number of aliphatic carboxylic acids is 1. The third-order valence-corrected chi connectivity index (χ3v) is 1.43. The van der Waals surface area contributed by atoms with Crippen LogP contribution in [0.25, 0.3) is 5.95 Å². The minimum absolute atomic E-state index is 0.247. The summed E-state index contributed by atoms with van der Waals surface area (Å²) in [7, 11) is 0. The Morgan fingerprint density at radius 3 is 3.07 bits per heavy atom. The van der Waals surface area contributed by atoms with Crippen molar-refractivity contribution in [3.8, 4) is 5.95 Å². The molecule has 0 saturated heterocycles. The van der Waals surface area contributed by atoms with E-state index in [-0.39, 0.29) is 12.5 Å². The Labute approximate surface area is 77.8 Å². The third kappa shape index (κ3) is 1.58. The topological polar surface area (TPSA) is 98.7 Å². The van der Waals surface area contributed by atoms with E-state index in [0.717, 1.165) is 4.80 Å². The fourth-order valence-corrected chi connectivity index (χ4v) is 0.902. The summed E-state index contributed by atoms with van der Waals surface area (Å²) < 4.78 is 1.39. The molecule has 2 aromatic rings. The summed E-state index contributed by atoms with van der Waals surface area (Å²) in [5.41, 5.74) is 0. The summed E-state index contributed by atoms with van der Waals surface area (Å²) in [6.45, 7) is -0.311. The Morgan fingerprint density at radius 1 is 1.57 bits per heavy atom. The van der Waals surface area contributed by atoms with Crippen LogP contribution < -0.4 is 0 Å². The number of aromatic nitrogens is 6. The zero-order chi connectivity index (χ0) is 9.97. The van der Waals surface area contributed by atoms with Crippen LogP contribution in [0, 0.1) is 0 Å². The number of carboxylic acids is 1. The summed E-state index contributed by atoms with van der Waals surface area (Å²) in [4.78, 5) is 11.3. The highest BCUT2D eigenvalue weighted by Crippen LogP contribution is 1.94. The molecule has 0 bridgehead atoms. The summed E-state index contributed by atoms with van der Waals surface area (Å²) in [5.74, 6) is -0.773. The average Bonchev–Trinajstić information content (AvgIpc) is 2.69. The van der Waals surface area contributed by atoms with Crippen LogP contribution in [0.4, 0.5) is 0 Å². The molecule has 2 rings (SSSR count). The predicted octanol–water partition coefficient (Wildman–Crippen LogP) is -1.06. The van der Waals surface area contributed by atoms with Crippen LogP contribution in [0.5, 0.6) is 0 Å². The van der Waals surface area contributed by atoms with Crippen molar-refractivity contribution in [2.24, 2.45) is 0 Å². The molecule has 0 fully saturated rings. The molecule has 0 unspecified atom stereocenters. The lowest BCUT2D eigenvalue weighted by Gasteiger charge is -1.91. The van der Waals surface area contributed by atoms with E-state index in [2.05, 4.69) is 20.5 Å². The van der Waals surface area contributed by atoms with Gasteiger partial charge in [0.1, 0.15) is 0 Å². The number of carbonyl (C=O) groups is 1. The Balaban J connectivity index is 2.22. The average molecular weight is 194 g/mol. The number of hydrogen-bond donors (Lipinski definition) is 1. The van der Waals surface area contributed by atoms with Crippen molar-refractivity contribution >= 4 is 5.97 Å². The van der Waals surface area contributed by atoms with Gasteiger partial charge in [-0.25, -0.2) is 4.68 Å². The molecule has 0 aliphatic heterocycles. The van der Waals surface area contributed by atoms with Crippen molar-refractivity contribution < 1.29 is 9.90 Å². The van der Waals surface area contributed by atoms with Crippen LogP contribution in [0.3, 0.4) is 0 Å². The molecule has 72 valence electrons. The largest absolute Gasteiger partial charge is 0.480 e. The summed E-state index contributed by atoms with van der Waals surface area (Å²) >= 11 is 0. The molecule has 0 aliphatic rings. The second kappa shape index (κ2) is 3.24. The Kier molecular flexibility index (Phi) is 1.94. The van der Waals surface area contributed by atoms with Gasteiger partial charge in [-0.1, -0.05) is 5.10 Å². The van der Waals surface area contributed by atoms with Gasteiger partial charge in [0, 0.05) is 12.4 Å². The van der Waals surface area contributed by atoms with Gasteiger partial charge in [0.05, 0.1) is 0 Å². The lowest BCUT2D eigenvalue weighted by Crippen LogP contribution is -2.12. The van der Waals surface area contributed by atoms with E-state index in [1.807, 2.05) is 0 Å². The zero-order valence-corrected chi connectivity index (χ0v) is 6.98. The molecule has 0 amide bonds. The summed E-state index contributed by atoms with van der Waals surface area (Å²) in [6, 6.07) is 1.71. The molecule has 0 saturated carbocycles. The number of rotatable bonds is 3. The summed E-state index contributed by atoms with van der Waals surface area (Å²) in [6.07, 6.45) is 3.21. The Morgan fingerprint density at radius 2 is 2.43 bits per heavy atom. The van der Waals surface area contributed by atoms with Gasteiger partial charge in [-0.05, 0) is 11.3 Å². The molecule has 0 atom stereocenters. The minimum atomic E-state index is -1.02. The first-order valence-corrected chi connectivity index (χ1v) is 3.75. The zero-order valence-electron chi connectivity index (χ0n) is 6.98. The SMILES string of the molecule is O=C(O)Cn1nnc(-n2cccn2)n1. The lowest BCUT2D eigenvalue weighted by molar-refractivity contribution is -0.138. The molecule has 14 heavy (non-hydrogen) atoms. The van der Waals surface area contributed by atoms with Gasteiger partial charge >= 0.3 is 5.97 Å². The smallest absolute Gasteiger partial charge is 0.327 e. The van der Waals surface area contributed by atoms with Crippen LogP contribution in [-0.2, 0) is 11.3 Å². The highest BCUT2D eigenvalue weighted by molar-refractivity contribution is 5.66. The second-order valence-electron chi connectivity index (χ2n) is 2.46. The van der Waals surface area contributed by atoms with Crippen LogP contribution in [0.15, 0.2) is 18.5 Å². The molecule has 1 N–H and O–H groups in total. The summed E-state index contributed by atoms with van der Waals surface area (Å²) in [5, 5.41) is 23.3. The van der Waals surface area contributed by atoms with Crippen molar-refractivity contribution in [3.05, 3.63) is 18.5 Å². The van der Waals surface area contributed by atoms with E-state index in [9.17, 15) is 4.79 Å². The molecule has 8 heteroatoms. The van der Waals surface area contributed by atoms with Crippen LogP contribution in [0.2, 0.25) is 0 Å². The van der Waals surface area contributed by atoms with E-state index in [1.54, 1.807) is 18.5 Å². The van der Waals surface area contributed by atoms with E-state index in [1.165, 1.54) is 4.68 Å². The highest BCUT2D eigenvalue weighted by Gasteiger charge is 2.06. The molecular formula is C6H6N6O2. The van der Waals surface area contributed by atoms with Crippen molar-refractivity contribution in [1.82, 2.24) is 30.0 Å². The van der Waals surface area contributed by atoms with E-state index in [4.69, 9.17) is 5.11 Å². The Bertz CT molecular complexity index is 433. The molecule has 2 aromatic heterocycles. The maximum Gasteiger partial charge on any atom is 0.327 e. The number of carboxylic acid groups (broad SMARTS) is 1. The van der Waals surface area contributed by atoms with Gasteiger partial charge in [0.25, 0.3) is 5.95 Å². The van der Waals surface area contributed by atoms with Crippen LogP contribution >= 0.6 is 0 Å². The number of hydrogen-bond acceptors (Lipinski definition) is 5. The van der Waals surface area contributed by atoms with Gasteiger partial charge in [-0.3, -0.25) is 4.79 Å². The predicted molar refractivity (Wildman–Crippen MR) is 42.6 cm³/mol. The third-order valence-electron chi connectivity index (χ3n) is 1.43. The van der Waals surface area contributed by atoms with Crippen LogP contribution in [0.1, 0.15) is 0 Å². The van der Waals surface area contributed by atoms with Gasteiger partial charge < -0.3 is 5.11 Å². The molecule has 0 aromatic carbocycles. The standard InChI is InChI=1S/C6H6N6O2/c13-5(14)4-12-9-6(8-10-12)11-3-1-2-7-11/h1-3H,4H2,(H,13,14). The van der Waals surface area contributed by atoms with E-state index >= 15 is 0 Å². The molecule has 0 aliphatic carbocycles. The number of nitrogens with zero attached hydrogens (tertiary/aromatic N) is 6. The van der Waals surface area contributed by atoms with Gasteiger partial charge in [0.2, 0.25) is 0 Å². The van der Waals surface area contributed by atoms with Gasteiger partial charge in [-0.15, -0.1) is 5.10 Å². The van der Waals surface area contributed by atoms with Crippen LogP contribution in [-0.4, -0.2) is 41.1 Å². The quantitative estimate of drug-likeness (QED) is 0.668. The molecule has 0 spiro atoms. The van der Waals surface area contributed by atoms with Crippen molar-refractivity contribution in [2.45, 2.75) is 6.54 Å². The van der Waals surface area contributed by atoms with Crippen molar-refractivity contribution in [1.29, 1.82) is 0 Å². The monoisotopic (exact) mass is 194 g/mol. The molecular weight excluding hydrogens is 188 g/mol. The van der Waals surface area contributed by atoms with E-state index in [0.29, 0.717) is 0 Å². The van der Waals surface area contributed by atoms with Gasteiger partial charge in [-0.2, -0.15) is 9.90 Å². The normalized spacial score (nSPS) is 10.3. The first-order chi connectivity index (χ1) is 6.75. The fourth-order valence-electron chi connectivity index (χ4n) is 0.902. The molecule has 2 heterocycles. The highest BCUT2D eigenvalue weighted by atomic mass is 16.4. The lowest BCUT2D eigenvalue weighted by atomic mass is 10.7. The van der Waals surface area contributed by atoms with Gasteiger partial charge in [0.15, 0.2) is 6.54 Å². The fraction of sp³-hybridized carbons (Fsp3) is 0.167. The first-order valence-electron chi connectivity index (χ1n) is 3.75. The molecule has 8 nitrogen and oxygen atoms in total. The second-order valence-corrected chi connectivity index (χ2v) is 2.46. The van der Waals surface area contributed by atoms with Crippen molar-refractivity contribution in [2.75, 3.05) is 0 Å². The van der Waals surface area contributed by atoms with Crippen molar-refractivity contribution in [3.63, 3.8) is 0 Å².